The maximum atomic E-state index is 12.9. The zero-order chi connectivity index (χ0) is 56.4. The first kappa shape index (κ1) is 73.8. The van der Waals surface area contributed by atoms with Crippen LogP contribution in [0.1, 0.15) is 297 Å². The fourth-order valence-corrected chi connectivity index (χ4v) is 8.84. The van der Waals surface area contributed by atoms with Crippen molar-refractivity contribution in [3.63, 3.8) is 0 Å². The minimum absolute atomic E-state index is 0.0828. The van der Waals surface area contributed by atoms with E-state index in [2.05, 4.69) is 142 Å². The van der Waals surface area contributed by atoms with E-state index in [4.69, 9.17) is 14.2 Å². The van der Waals surface area contributed by atoms with Gasteiger partial charge in [-0.1, -0.05) is 284 Å². The summed E-state index contributed by atoms with van der Waals surface area (Å²) in [5, 5.41) is 0. The summed E-state index contributed by atoms with van der Waals surface area (Å²) in [5.74, 6) is -0.896. The molecule has 78 heavy (non-hydrogen) atoms. The third kappa shape index (κ3) is 62.7. The fourth-order valence-electron chi connectivity index (χ4n) is 8.84. The van der Waals surface area contributed by atoms with Crippen LogP contribution in [0.3, 0.4) is 0 Å². The summed E-state index contributed by atoms with van der Waals surface area (Å²) in [6.07, 6.45) is 90.7. The molecule has 0 radical (unpaired) electrons. The van der Waals surface area contributed by atoms with E-state index in [0.29, 0.717) is 19.3 Å². The van der Waals surface area contributed by atoms with Crippen molar-refractivity contribution in [2.45, 2.75) is 303 Å². The van der Waals surface area contributed by atoms with Gasteiger partial charge in [-0.2, -0.15) is 0 Å². The Kier molecular flexibility index (Phi) is 61.8. The van der Waals surface area contributed by atoms with Gasteiger partial charge >= 0.3 is 17.9 Å². The fraction of sp³-hybridized carbons (Fsp3) is 0.681. The van der Waals surface area contributed by atoms with Crippen LogP contribution in [0.2, 0.25) is 0 Å². The van der Waals surface area contributed by atoms with Gasteiger partial charge in [0.1, 0.15) is 13.2 Å². The zero-order valence-corrected chi connectivity index (χ0v) is 50.9. The minimum atomic E-state index is -0.786. The first-order chi connectivity index (χ1) is 38.5. The summed E-state index contributed by atoms with van der Waals surface area (Å²) in [4.78, 5) is 38.2. The maximum Gasteiger partial charge on any atom is 0.306 e. The van der Waals surface area contributed by atoms with Crippen LogP contribution in [-0.4, -0.2) is 37.2 Å². The van der Waals surface area contributed by atoms with Crippen LogP contribution in [-0.2, 0) is 28.6 Å². The first-order valence-corrected chi connectivity index (χ1v) is 32.5. The van der Waals surface area contributed by atoms with E-state index in [9.17, 15) is 14.4 Å². The lowest BCUT2D eigenvalue weighted by molar-refractivity contribution is -0.167. The quantitative estimate of drug-likeness (QED) is 0.0261. The Bertz CT molecular complexity index is 1620. The second-order valence-electron chi connectivity index (χ2n) is 21.3. The van der Waals surface area contributed by atoms with Gasteiger partial charge in [-0.25, -0.2) is 0 Å². The van der Waals surface area contributed by atoms with Crippen molar-refractivity contribution >= 4 is 17.9 Å². The Hall–Kier alpha value is -4.19. The van der Waals surface area contributed by atoms with Crippen molar-refractivity contribution < 1.29 is 28.6 Å². The highest BCUT2D eigenvalue weighted by Crippen LogP contribution is 2.15. The normalized spacial score (nSPS) is 12.9. The molecule has 0 aromatic carbocycles. The Balaban J connectivity index is 4.23. The SMILES string of the molecule is CC/C=C\C/C=C\C/C=C\C/C=C\C/C=C\C/C=C\C/C=C\C/C=C\CCCCCCCCCCC(=O)OCC(COC(=O)CCCCCCCCCCCC)OC(=O)CCCCCCCCC/C=C\C/C=C\CCCCC. The number of hydrogen-bond acceptors (Lipinski definition) is 6. The van der Waals surface area contributed by atoms with E-state index >= 15 is 0 Å². The molecule has 0 fully saturated rings. The molecule has 444 valence electrons. The highest BCUT2D eigenvalue weighted by atomic mass is 16.6. The molecule has 0 aliphatic rings. The number of allylic oxidation sites excluding steroid dienone is 20. The van der Waals surface area contributed by atoms with Crippen LogP contribution < -0.4 is 0 Å². The van der Waals surface area contributed by atoms with Gasteiger partial charge in [0.25, 0.3) is 0 Å². The van der Waals surface area contributed by atoms with Crippen molar-refractivity contribution in [2.24, 2.45) is 0 Å². The lowest BCUT2D eigenvalue weighted by atomic mass is 10.1. The molecule has 6 heteroatoms. The van der Waals surface area contributed by atoms with Gasteiger partial charge in [0.2, 0.25) is 0 Å². The zero-order valence-electron chi connectivity index (χ0n) is 50.9. The lowest BCUT2D eigenvalue weighted by Crippen LogP contribution is -2.30. The molecule has 0 N–H and O–H groups in total. The second-order valence-corrected chi connectivity index (χ2v) is 21.3. The second kappa shape index (κ2) is 65.3. The van der Waals surface area contributed by atoms with Crippen molar-refractivity contribution in [3.05, 3.63) is 122 Å². The van der Waals surface area contributed by atoms with Crippen molar-refractivity contribution in [1.29, 1.82) is 0 Å². The molecule has 0 aliphatic carbocycles. The molecule has 0 saturated heterocycles. The highest BCUT2D eigenvalue weighted by molar-refractivity contribution is 5.71. The number of hydrogen-bond donors (Lipinski definition) is 0. The summed E-state index contributed by atoms with van der Waals surface area (Å²) in [7, 11) is 0. The number of carbonyl (C=O) groups excluding carboxylic acids is 3. The predicted molar refractivity (Wildman–Crippen MR) is 339 cm³/mol. The summed E-state index contributed by atoms with van der Waals surface area (Å²) in [6.45, 7) is 6.49. The van der Waals surface area contributed by atoms with Crippen molar-refractivity contribution in [1.82, 2.24) is 0 Å². The average Bonchev–Trinajstić information content (AvgIpc) is 3.44. The van der Waals surface area contributed by atoms with Gasteiger partial charge in [0.05, 0.1) is 0 Å². The van der Waals surface area contributed by atoms with Crippen LogP contribution >= 0.6 is 0 Å². The van der Waals surface area contributed by atoms with Crippen molar-refractivity contribution in [3.8, 4) is 0 Å². The maximum absolute atomic E-state index is 12.9. The summed E-state index contributed by atoms with van der Waals surface area (Å²) in [5.41, 5.74) is 0. The molecule has 0 aliphatic heterocycles. The van der Waals surface area contributed by atoms with Gasteiger partial charge in [-0.05, 0) is 116 Å². The van der Waals surface area contributed by atoms with E-state index in [0.717, 1.165) is 128 Å². The van der Waals surface area contributed by atoms with E-state index in [1.165, 1.54) is 128 Å². The molecule has 0 saturated carbocycles. The molecule has 0 spiro atoms. The Morgan fingerprint density at radius 2 is 0.500 bits per heavy atom. The largest absolute Gasteiger partial charge is 0.462 e. The molecule has 6 nitrogen and oxygen atoms in total. The molecule has 1 unspecified atom stereocenters. The Morgan fingerprint density at radius 1 is 0.269 bits per heavy atom. The first-order valence-electron chi connectivity index (χ1n) is 32.5. The molecule has 1 atom stereocenters. The van der Waals surface area contributed by atoms with E-state index < -0.39 is 6.10 Å². The molecule has 0 aromatic rings. The average molecular weight is 1080 g/mol. The monoisotopic (exact) mass is 1080 g/mol. The van der Waals surface area contributed by atoms with Gasteiger partial charge in [-0.15, -0.1) is 0 Å². The van der Waals surface area contributed by atoms with E-state index in [1.807, 2.05) is 0 Å². The Morgan fingerprint density at radius 3 is 0.808 bits per heavy atom. The number of esters is 3. The molecule has 0 aromatic heterocycles. The molecule has 0 bridgehead atoms. The van der Waals surface area contributed by atoms with E-state index in [-0.39, 0.29) is 31.1 Å². The summed E-state index contributed by atoms with van der Waals surface area (Å²) >= 11 is 0. The minimum Gasteiger partial charge on any atom is -0.462 e. The standard InChI is InChI=1S/C72H120O6/c1-4-7-10-13-16-19-22-24-26-28-29-30-31-32-33-34-35-36-37-38-39-40-41-42-43-45-46-48-50-53-56-59-62-65-71(74)77-68-69(67-76-70(73)64-61-58-55-52-21-18-15-12-9-6-3)78-72(75)66-63-60-57-54-51-49-47-44-27-25-23-20-17-14-11-8-5-2/h7,10,16-17,19-20,24-27,29-30,32-33,35-36,38-39,41-42,69H,4-6,8-9,11-15,18,21-23,28,31,34,37,40,43-68H2,1-3H3/b10-7-,19-16-,20-17-,26-24-,27-25-,30-29-,33-32-,36-35-,39-38-,42-41-. The molecular weight excluding hydrogens is 961 g/mol. The number of rotatable bonds is 58. The third-order valence-electron chi connectivity index (χ3n) is 13.7. The number of unbranched alkanes of at least 4 members (excludes halogenated alkanes) is 27. The predicted octanol–water partition coefficient (Wildman–Crippen LogP) is 22.4. The van der Waals surface area contributed by atoms with Gasteiger partial charge in [0, 0.05) is 19.3 Å². The van der Waals surface area contributed by atoms with E-state index in [1.54, 1.807) is 0 Å². The summed E-state index contributed by atoms with van der Waals surface area (Å²) < 4.78 is 16.9. The lowest BCUT2D eigenvalue weighted by Gasteiger charge is -2.18. The third-order valence-corrected chi connectivity index (χ3v) is 13.7. The molecule has 0 amide bonds. The summed E-state index contributed by atoms with van der Waals surface area (Å²) in [6, 6.07) is 0. The molecular formula is C72H120O6. The van der Waals surface area contributed by atoms with Crippen LogP contribution in [0, 0.1) is 0 Å². The van der Waals surface area contributed by atoms with Crippen LogP contribution in [0.5, 0.6) is 0 Å². The topological polar surface area (TPSA) is 78.9 Å². The highest BCUT2D eigenvalue weighted by Gasteiger charge is 2.19. The van der Waals surface area contributed by atoms with Crippen LogP contribution in [0.25, 0.3) is 0 Å². The van der Waals surface area contributed by atoms with Gasteiger partial charge in [-0.3, -0.25) is 14.4 Å². The van der Waals surface area contributed by atoms with Crippen LogP contribution in [0.4, 0.5) is 0 Å². The molecule has 0 rings (SSSR count). The van der Waals surface area contributed by atoms with Crippen molar-refractivity contribution in [2.75, 3.05) is 13.2 Å². The van der Waals surface area contributed by atoms with Crippen LogP contribution in [0.15, 0.2) is 122 Å². The van der Waals surface area contributed by atoms with Gasteiger partial charge in [0.15, 0.2) is 6.10 Å². The smallest absolute Gasteiger partial charge is 0.306 e. The molecule has 0 heterocycles. The number of carbonyl (C=O) groups is 3. The number of ether oxygens (including phenoxy) is 3. The Labute approximate surface area is 482 Å². The van der Waals surface area contributed by atoms with Gasteiger partial charge < -0.3 is 14.2 Å².